The van der Waals surface area contributed by atoms with Crippen LogP contribution in [0.15, 0.2) is 36.4 Å². The fraction of sp³-hybridized carbons (Fsp3) is 0.222. The molecule has 0 aliphatic heterocycles. The van der Waals surface area contributed by atoms with E-state index in [0.717, 1.165) is 6.07 Å². The number of rotatable bonds is 5. The zero-order valence-corrected chi connectivity index (χ0v) is 13.7. The third kappa shape index (κ3) is 3.90. The Labute approximate surface area is 139 Å². The summed E-state index contributed by atoms with van der Waals surface area (Å²) in [6.45, 7) is 3.67. The van der Waals surface area contributed by atoms with E-state index in [1.807, 2.05) is 13.8 Å². The Morgan fingerprint density at radius 1 is 1.12 bits per heavy atom. The molecule has 24 heavy (non-hydrogen) atoms. The number of hydrogen-bond donors (Lipinski definition) is 2. The third-order valence-electron chi connectivity index (χ3n) is 3.33. The minimum Gasteiger partial charge on any atom is -0.490 e. The third-order valence-corrected chi connectivity index (χ3v) is 3.33. The first-order valence-electron chi connectivity index (χ1n) is 7.45. The Morgan fingerprint density at radius 2 is 1.83 bits per heavy atom. The van der Waals surface area contributed by atoms with Gasteiger partial charge >= 0.3 is 0 Å². The van der Waals surface area contributed by atoms with Crippen molar-refractivity contribution in [2.45, 2.75) is 20.0 Å². The molecule has 3 N–H and O–H groups in total. The molecule has 2 aromatic rings. The first-order chi connectivity index (χ1) is 11.3. The van der Waals surface area contributed by atoms with Crippen molar-refractivity contribution in [3.05, 3.63) is 53.3 Å². The molecule has 0 saturated heterocycles. The van der Waals surface area contributed by atoms with Crippen LogP contribution in [0.3, 0.4) is 0 Å². The summed E-state index contributed by atoms with van der Waals surface area (Å²) in [6, 6.07) is 8.81. The first-order valence-corrected chi connectivity index (χ1v) is 7.45. The number of primary amides is 1. The van der Waals surface area contributed by atoms with Gasteiger partial charge in [0.05, 0.1) is 11.7 Å². The molecule has 2 rings (SSSR count). The van der Waals surface area contributed by atoms with E-state index in [0.29, 0.717) is 16.9 Å². The lowest BCUT2D eigenvalue weighted by Gasteiger charge is -2.14. The van der Waals surface area contributed by atoms with Crippen molar-refractivity contribution < 1.29 is 18.7 Å². The van der Waals surface area contributed by atoms with Crippen molar-refractivity contribution in [1.29, 1.82) is 0 Å². The molecule has 0 unspecified atom stereocenters. The Morgan fingerprint density at radius 3 is 2.42 bits per heavy atom. The smallest absolute Gasteiger partial charge is 0.252 e. The lowest BCUT2D eigenvalue weighted by Crippen LogP contribution is -2.18. The highest BCUT2D eigenvalue weighted by Crippen LogP contribution is 2.28. The average Bonchev–Trinajstić information content (AvgIpc) is 2.53. The van der Waals surface area contributed by atoms with Crippen molar-refractivity contribution in [3.8, 4) is 16.9 Å². The van der Waals surface area contributed by atoms with E-state index in [9.17, 15) is 14.0 Å². The predicted molar refractivity (Wildman–Crippen MR) is 89.5 cm³/mol. The second-order valence-electron chi connectivity index (χ2n) is 5.55. The molecule has 2 amide bonds. The Bertz CT molecular complexity index is 788. The van der Waals surface area contributed by atoms with Gasteiger partial charge in [-0.3, -0.25) is 9.59 Å². The molecule has 0 aliphatic carbocycles. The van der Waals surface area contributed by atoms with Crippen LogP contribution < -0.4 is 15.8 Å². The summed E-state index contributed by atoms with van der Waals surface area (Å²) in [5.74, 6) is -1.22. The van der Waals surface area contributed by atoms with Crippen molar-refractivity contribution in [2.75, 3.05) is 7.05 Å². The summed E-state index contributed by atoms with van der Waals surface area (Å²) in [4.78, 5) is 23.4. The molecular weight excluding hydrogens is 311 g/mol. The number of carbonyl (C=O) groups is 2. The van der Waals surface area contributed by atoms with Crippen LogP contribution in [0.25, 0.3) is 11.1 Å². The fourth-order valence-corrected chi connectivity index (χ4v) is 2.29. The number of carbonyl (C=O) groups excluding carboxylic acids is 2. The number of amides is 2. The first kappa shape index (κ1) is 17.5. The molecule has 0 saturated carbocycles. The minimum atomic E-state index is -0.643. The number of nitrogens with one attached hydrogen (secondary N) is 1. The molecule has 0 radical (unpaired) electrons. The van der Waals surface area contributed by atoms with Crippen LogP contribution in [0.4, 0.5) is 4.39 Å². The van der Waals surface area contributed by atoms with E-state index >= 15 is 0 Å². The maximum Gasteiger partial charge on any atom is 0.252 e. The van der Waals surface area contributed by atoms with E-state index in [1.54, 1.807) is 18.2 Å². The summed E-state index contributed by atoms with van der Waals surface area (Å²) < 4.78 is 19.4. The Kier molecular flexibility index (Phi) is 5.18. The van der Waals surface area contributed by atoms with Crippen LogP contribution in [-0.2, 0) is 0 Å². The van der Waals surface area contributed by atoms with Crippen molar-refractivity contribution in [2.24, 2.45) is 5.73 Å². The van der Waals surface area contributed by atoms with Gasteiger partial charge in [-0.05, 0) is 55.3 Å². The second kappa shape index (κ2) is 7.12. The lowest BCUT2D eigenvalue weighted by molar-refractivity contribution is 0.0960. The van der Waals surface area contributed by atoms with E-state index in [-0.39, 0.29) is 17.2 Å². The summed E-state index contributed by atoms with van der Waals surface area (Å²) in [5, 5.41) is 2.45. The van der Waals surface area contributed by atoms with Gasteiger partial charge in [0.1, 0.15) is 11.6 Å². The highest BCUT2D eigenvalue weighted by molar-refractivity contribution is 5.98. The predicted octanol–water partition coefficient (Wildman–Crippen LogP) is 2.74. The highest BCUT2D eigenvalue weighted by Gasteiger charge is 2.14. The van der Waals surface area contributed by atoms with Crippen LogP contribution in [0, 0.1) is 5.82 Å². The zero-order chi connectivity index (χ0) is 17.9. The fourth-order valence-electron chi connectivity index (χ4n) is 2.29. The zero-order valence-electron chi connectivity index (χ0n) is 13.7. The van der Waals surface area contributed by atoms with Gasteiger partial charge in [0.2, 0.25) is 0 Å². The molecule has 5 nitrogen and oxygen atoms in total. The molecule has 2 aromatic carbocycles. The van der Waals surface area contributed by atoms with Gasteiger partial charge in [-0.1, -0.05) is 6.07 Å². The Balaban J connectivity index is 2.53. The minimum absolute atomic E-state index is 0.122. The molecule has 0 heterocycles. The van der Waals surface area contributed by atoms with Crippen molar-refractivity contribution in [1.82, 2.24) is 5.32 Å². The molecule has 0 aliphatic rings. The van der Waals surface area contributed by atoms with E-state index in [4.69, 9.17) is 10.5 Å². The molecular formula is C18H19FN2O3. The number of hydrogen-bond acceptors (Lipinski definition) is 3. The van der Waals surface area contributed by atoms with Crippen molar-refractivity contribution >= 4 is 11.8 Å². The van der Waals surface area contributed by atoms with Gasteiger partial charge in [0.25, 0.3) is 11.8 Å². The van der Waals surface area contributed by atoms with Gasteiger partial charge in [-0.2, -0.15) is 0 Å². The summed E-state index contributed by atoms with van der Waals surface area (Å²) in [7, 11) is 1.47. The largest absolute Gasteiger partial charge is 0.490 e. The summed E-state index contributed by atoms with van der Waals surface area (Å²) >= 11 is 0. The van der Waals surface area contributed by atoms with Gasteiger partial charge in [0, 0.05) is 12.6 Å². The van der Waals surface area contributed by atoms with Gasteiger partial charge < -0.3 is 15.8 Å². The normalized spacial score (nSPS) is 10.5. The maximum atomic E-state index is 13.8. The van der Waals surface area contributed by atoms with Crippen LogP contribution in [0.5, 0.6) is 5.75 Å². The lowest BCUT2D eigenvalue weighted by atomic mass is 9.99. The monoisotopic (exact) mass is 330 g/mol. The van der Waals surface area contributed by atoms with Gasteiger partial charge in [-0.15, -0.1) is 0 Å². The van der Waals surface area contributed by atoms with Gasteiger partial charge in [0.15, 0.2) is 0 Å². The number of ether oxygens (including phenoxy) is 1. The van der Waals surface area contributed by atoms with Crippen LogP contribution in [-0.4, -0.2) is 25.0 Å². The molecule has 0 atom stereocenters. The van der Waals surface area contributed by atoms with Crippen LogP contribution in [0.1, 0.15) is 34.6 Å². The summed E-state index contributed by atoms with van der Waals surface area (Å²) in [5.41, 5.74) is 6.83. The van der Waals surface area contributed by atoms with Crippen molar-refractivity contribution in [3.63, 3.8) is 0 Å². The quantitative estimate of drug-likeness (QED) is 0.884. The molecule has 0 spiro atoms. The SMILES string of the molecule is CNC(=O)c1cc(F)cc(-c2ccc(OC(C)C)c(C(N)=O)c2)c1. The van der Waals surface area contributed by atoms with Crippen LogP contribution in [0.2, 0.25) is 0 Å². The Hall–Kier alpha value is -2.89. The number of halogens is 1. The van der Waals surface area contributed by atoms with E-state index < -0.39 is 17.6 Å². The highest BCUT2D eigenvalue weighted by atomic mass is 19.1. The van der Waals surface area contributed by atoms with Gasteiger partial charge in [-0.25, -0.2) is 4.39 Å². The standard InChI is InChI=1S/C18H19FN2O3/c1-10(2)24-16-5-4-11(9-15(16)17(20)22)12-6-13(18(23)21-3)8-14(19)7-12/h4-10H,1-3H3,(H2,20,22)(H,21,23). The number of benzene rings is 2. The molecule has 0 bridgehead atoms. The molecule has 126 valence electrons. The van der Waals surface area contributed by atoms with E-state index in [2.05, 4.69) is 5.32 Å². The molecule has 6 heteroatoms. The second-order valence-corrected chi connectivity index (χ2v) is 5.55. The molecule has 0 aromatic heterocycles. The topological polar surface area (TPSA) is 81.4 Å². The molecule has 0 fully saturated rings. The summed E-state index contributed by atoms with van der Waals surface area (Å²) in [6.07, 6.45) is -0.122. The number of nitrogens with two attached hydrogens (primary N) is 1. The maximum absolute atomic E-state index is 13.8. The van der Waals surface area contributed by atoms with Crippen LogP contribution >= 0.6 is 0 Å². The average molecular weight is 330 g/mol. The van der Waals surface area contributed by atoms with E-state index in [1.165, 1.54) is 19.2 Å².